The van der Waals surface area contributed by atoms with Gasteiger partial charge in [0.25, 0.3) is 0 Å². The molecule has 28 heteroatoms. The van der Waals surface area contributed by atoms with Gasteiger partial charge in [-0.1, -0.05) is 98.3 Å². The van der Waals surface area contributed by atoms with Crippen molar-refractivity contribution in [3.63, 3.8) is 0 Å². The standard InChI is InChI=1S/C74H120ClF3N12O12/c1-12-48(5)63-70(100)84(8)45-61(93)82(6)46-62(94)85(9)57(42-49-26-17-14-18-27-49)68(98)83(7)44-59(91)79-54(34-32-50-31-33-52(53(75)41-50)74(76,77)78)67(97)90-39-25-30-55(90)66(96)81-73(35-21-22-36-73)72(102)87(11)64(51-28-19-15-20-29-51)71(101)86(10)58(69(99)88-37-23-16-24-38-88)43-60(92)89(13-2)56(40-47(3)4)65(95)80-63/h47-58,63-64H,12-46H2,1-11H3,(H,79,91)(H,80,95)(H,81,96)/t48-,50?,52?,53?,54-,55-,56-,57-,58-,63-,64-/m0/s1. The molecule has 3 saturated heterocycles. The Bertz CT molecular complexity index is 2940. The number of nitrogens with one attached hydrogen (secondary N) is 3. The molecule has 3 aliphatic heterocycles. The van der Waals surface area contributed by atoms with E-state index in [0.717, 1.165) is 62.7 Å². The lowest BCUT2D eigenvalue weighted by Gasteiger charge is -2.43. The maximum absolute atomic E-state index is 15.9. The number of nitrogens with zero attached hydrogens (tertiary/aromatic N) is 9. The van der Waals surface area contributed by atoms with Crippen LogP contribution in [0.4, 0.5) is 13.2 Å². The fourth-order valence-corrected chi connectivity index (χ4v) is 17.7. The van der Waals surface area contributed by atoms with Gasteiger partial charge in [0, 0.05) is 73.8 Å². The molecule has 0 bridgehead atoms. The lowest BCUT2D eigenvalue weighted by atomic mass is 9.78. The monoisotopic (exact) mass is 1460 g/mol. The van der Waals surface area contributed by atoms with Gasteiger partial charge >= 0.3 is 6.18 Å². The zero-order valence-electron chi connectivity index (χ0n) is 62.8. The number of amides is 12. The zero-order chi connectivity index (χ0) is 75.1. The molecule has 0 aromatic heterocycles. The molecule has 0 aromatic carbocycles. The number of carbonyl (C=O) groups excluding carboxylic acids is 12. The summed E-state index contributed by atoms with van der Waals surface area (Å²) in [5.41, 5.74) is -1.55. The highest BCUT2D eigenvalue weighted by atomic mass is 35.5. The van der Waals surface area contributed by atoms with Crippen molar-refractivity contribution in [2.45, 2.75) is 274 Å². The first-order valence-corrected chi connectivity index (χ1v) is 38.7. The zero-order valence-corrected chi connectivity index (χ0v) is 63.5. The van der Waals surface area contributed by atoms with Gasteiger partial charge in [0.2, 0.25) is 70.9 Å². The molecule has 0 radical (unpaired) electrons. The minimum absolute atomic E-state index is 0.00146. The van der Waals surface area contributed by atoms with E-state index in [1.807, 2.05) is 20.8 Å². The Morgan fingerprint density at radius 2 is 1.20 bits per heavy atom. The van der Waals surface area contributed by atoms with Crippen LogP contribution in [0.5, 0.6) is 0 Å². The van der Waals surface area contributed by atoms with Crippen LogP contribution in [0, 0.1) is 35.5 Å². The second kappa shape index (κ2) is 37.6. The highest BCUT2D eigenvalue weighted by molar-refractivity contribution is 6.21. The molecule has 3 N–H and O–H groups in total. The molecule has 3 unspecified atom stereocenters. The predicted molar refractivity (Wildman–Crippen MR) is 379 cm³/mol. The second-order valence-corrected chi connectivity index (χ2v) is 32.0. The Hall–Kier alpha value is -6.28. The van der Waals surface area contributed by atoms with E-state index in [0.29, 0.717) is 64.5 Å². The van der Waals surface area contributed by atoms with E-state index in [1.165, 1.54) is 69.5 Å². The lowest BCUT2D eigenvalue weighted by molar-refractivity contribution is -0.182. The molecular weight excluding hydrogens is 1340 g/mol. The fraction of sp³-hybridized carbons (Fsp3) is 0.838. The molecule has 7 rings (SSSR count). The van der Waals surface area contributed by atoms with Crippen LogP contribution in [0.25, 0.3) is 0 Å². The molecule has 12 amide bonds. The van der Waals surface area contributed by atoms with Crippen molar-refractivity contribution in [3.8, 4) is 0 Å². The molecule has 4 aliphatic carbocycles. The number of hydrogen-bond donors (Lipinski definition) is 3. The summed E-state index contributed by atoms with van der Waals surface area (Å²) in [6.45, 7) is 8.35. The Labute approximate surface area is 608 Å². The van der Waals surface area contributed by atoms with Gasteiger partial charge in [-0.25, -0.2) is 0 Å². The van der Waals surface area contributed by atoms with Gasteiger partial charge in [0.1, 0.15) is 47.8 Å². The number of alkyl halides is 4. The van der Waals surface area contributed by atoms with Crippen LogP contribution in [-0.4, -0.2) is 262 Å². The van der Waals surface area contributed by atoms with E-state index in [-0.39, 0.29) is 95.1 Å². The van der Waals surface area contributed by atoms with E-state index < -0.39 is 174 Å². The Kier molecular flexibility index (Phi) is 30.6. The third kappa shape index (κ3) is 21.0. The van der Waals surface area contributed by atoms with Crippen LogP contribution < -0.4 is 16.0 Å². The predicted octanol–water partition coefficient (Wildman–Crippen LogP) is 6.87. The van der Waals surface area contributed by atoms with Gasteiger partial charge < -0.3 is 60.0 Å². The number of piperidine rings is 1. The van der Waals surface area contributed by atoms with Crippen molar-refractivity contribution in [2.24, 2.45) is 35.5 Å². The summed E-state index contributed by atoms with van der Waals surface area (Å²) in [5, 5.41) is 7.69. The van der Waals surface area contributed by atoms with E-state index in [4.69, 9.17) is 11.6 Å². The van der Waals surface area contributed by atoms with Crippen molar-refractivity contribution in [1.82, 2.24) is 60.0 Å². The number of rotatable bonds is 12. The minimum atomic E-state index is -4.51. The first-order valence-electron chi connectivity index (χ1n) is 38.3. The Morgan fingerprint density at radius 1 is 0.588 bits per heavy atom. The normalized spacial score (nSPS) is 29.8. The average molecular weight is 1460 g/mol. The second-order valence-electron chi connectivity index (χ2n) is 31.4. The van der Waals surface area contributed by atoms with Crippen molar-refractivity contribution in [1.29, 1.82) is 0 Å². The highest BCUT2D eigenvalue weighted by Crippen LogP contribution is 2.44. The first-order chi connectivity index (χ1) is 48.2. The highest BCUT2D eigenvalue weighted by Gasteiger charge is 2.52. The average Bonchev–Trinajstić information content (AvgIpc) is 1.45. The van der Waals surface area contributed by atoms with E-state index >= 15 is 33.6 Å². The summed E-state index contributed by atoms with van der Waals surface area (Å²) in [6.07, 6.45) is 8.02. The van der Waals surface area contributed by atoms with Crippen LogP contribution in [0.15, 0.2) is 0 Å². The van der Waals surface area contributed by atoms with Crippen LogP contribution in [0.1, 0.15) is 214 Å². The molecule has 576 valence electrons. The molecule has 7 aliphatic rings. The maximum atomic E-state index is 15.9. The van der Waals surface area contributed by atoms with E-state index in [2.05, 4.69) is 16.0 Å². The lowest BCUT2D eigenvalue weighted by Crippen LogP contribution is -2.65. The number of halogens is 4. The molecule has 3 heterocycles. The molecular formula is C74H120ClF3N12O12. The molecule has 0 aromatic rings. The Balaban J connectivity index is 1.29. The molecule has 7 fully saturated rings. The summed E-state index contributed by atoms with van der Waals surface area (Å²) in [5.74, 6) is -10.4. The number of likely N-dealkylation sites (tertiary alicyclic amines) is 1. The van der Waals surface area contributed by atoms with Crippen LogP contribution >= 0.6 is 11.6 Å². The number of fused-ring (bicyclic) bond motifs is 1. The number of likely N-dealkylation sites (N-methyl/N-ethyl adjacent to an activating group) is 7. The Morgan fingerprint density at radius 3 is 1.79 bits per heavy atom. The first kappa shape index (κ1) is 83.0. The summed E-state index contributed by atoms with van der Waals surface area (Å²) in [7, 11) is 8.68. The minimum Gasteiger partial charge on any atom is -0.343 e. The summed E-state index contributed by atoms with van der Waals surface area (Å²) in [6, 6.07) is -8.50. The van der Waals surface area contributed by atoms with Gasteiger partial charge in [0.15, 0.2) is 0 Å². The summed E-state index contributed by atoms with van der Waals surface area (Å²) >= 11 is 6.42. The summed E-state index contributed by atoms with van der Waals surface area (Å²) in [4.78, 5) is 192. The molecule has 24 nitrogen and oxygen atoms in total. The van der Waals surface area contributed by atoms with Crippen molar-refractivity contribution >= 4 is 82.5 Å². The van der Waals surface area contributed by atoms with Crippen molar-refractivity contribution in [3.05, 3.63) is 0 Å². The number of carbonyl (C=O) groups is 12. The van der Waals surface area contributed by atoms with Gasteiger partial charge in [0.05, 0.1) is 32.0 Å². The van der Waals surface area contributed by atoms with Crippen molar-refractivity contribution in [2.75, 3.05) is 88.1 Å². The third-order valence-corrected chi connectivity index (χ3v) is 24.1. The van der Waals surface area contributed by atoms with Crippen LogP contribution in [0.3, 0.4) is 0 Å². The van der Waals surface area contributed by atoms with Crippen molar-refractivity contribution < 1.29 is 70.7 Å². The molecule has 4 saturated carbocycles. The molecule has 102 heavy (non-hydrogen) atoms. The molecule has 1 spiro atoms. The summed E-state index contributed by atoms with van der Waals surface area (Å²) < 4.78 is 42.1. The smallest absolute Gasteiger partial charge is 0.343 e. The molecule has 11 atom stereocenters. The van der Waals surface area contributed by atoms with E-state index in [1.54, 1.807) is 25.8 Å². The van der Waals surface area contributed by atoms with Crippen LogP contribution in [0.2, 0.25) is 0 Å². The van der Waals surface area contributed by atoms with Gasteiger partial charge in [-0.15, -0.1) is 11.6 Å². The quantitative estimate of drug-likeness (QED) is 0.169. The van der Waals surface area contributed by atoms with Gasteiger partial charge in [-0.3, -0.25) is 57.5 Å². The SMILES string of the molecule is CC[C@H](C)[C@@H]1NC(=O)[C@H](CC(C)C)N(CC)C(=O)C[C@@H](C(=O)N2CCCCC2)N(C)C(=O)[C@H](C2CCCCC2)N(C)C(=O)C2(CCCC2)NC(=O)[C@@H]2CCCN2C(=O)[C@H](CCC2CCC(C(F)(F)F)C(Cl)C2)NC(=O)CN(C)C(=O)[C@H](CC2CCCCC2)N(C)C(=O)CN(C)C(=O)CN(C)C1=O. The fourth-order valence-electron chi connectivity index (χ4n) is 17.1. The maximum Gasteiger partial charge on any atom is 0.393 e. The topological polar surface area (TPSA) is 270 Å². The van der Waals surface area contributed by atoms with E-state index in [9.17, 15) is 37.1 Å². The third-order valence-electron chi connectivity index (χ3n) is 23.6. The van der Waals surface area contributed by atoms with Gasteiger partial charge in [-0.2, -0.15) is 13.2 Å². The van der Waals surface area contributed by atoms with Crippen LogP contribution in [-0.2, 0) is 57.5 Å². The largest absolute Gasteiger partial charge is 0.393 e. The number of hydrogen-bond acceptors (Lipinski definition) is 12. The van der Waals surface area contributed by atoms with Gasteiger partial charge in [-0.05, 0) is 139 Å².